The van der Waals surface area contributed by atoms with Gasteiger partial charge in [-0.1, -0.05) is 115 Å². The fourth-order valence-corrected chi connectivity index (χ4v) is 6.01. The lowest BCUT2D eigenvalue weighted by Gasteiger charge is -2.18. The number of ketones is 1. The van der Waals surface area contributed by atoms with E-state index in [-0.39, 0.29) is 10.7 Å². The molecule has 0 unspecified atom stereocenters. The number of Topliss-reactive ketones (excluding diaryl/α,β-unsaturated/α-hetero) is 1. The molecule has 6 heteroatoms. The molecule has 0 saturated heterocycles. The van der Waals surface area contributed by atoms with Crippen LogP contribution in [-0.2, 0) is 26.0 Å². The zero-order chi connectivity index (χ0) is 29.0. The minimum Gasteiger partial charge on any atom is -0.478 e. The van der Waals surface area contributed by atoms with Gasteiger partial charge in [-0.2, -0.15) is 0 Å². The highest BCUT2D eigenvalue weighted by molar-refractivity contribution is 7.89. The van der Waals surface area contributed by atoms with Crippen molar-refractivity contribution in [1.29, 1.82) is 0 Å². The third-order valence-corrected chi connectivity index (χ3v) is 8.82. The number of aryl methyl sites for hydroxylation is 1. The van der Waals surface area contributed by atoms with Crippen molar-refractivity contribution >= 4 is 27.1 Å². The summed E-state index contributed by atoms with van der Waals surface area (Å²) in [5.41, 5.74) is 2.27. The second-order valence-electron chi connectivity index (χ2n) is 11.7. The van der Waals surface area contributed by atoms with Gasteiger partial charge in [-0.25, -0.2) is 13.6 Å². The van der Waals surface area contributed by atoms with E-state index in [0.29, 0.717) is 16.9 Å². The second kappa shape index (κ2) is 15.5. The van der Waals surface area contributed by atoms with E-state index in [9.17, 15) is 13.2 Å². The number of benzene rings is 2. The van der Waals surface area contributed by atoms with Crippen molar-refractivity contribution < 1.29 is 17.9 Å². The van der Waals surface area contributed by atoms with Crippen LogP contribution in [0.15, 0.2) is 53.4 Å². The number of sulfonamides is 1. The molecule has 1 aliphatic heterocycles. The molecule has 40 heavy (non-hydrogen) atoms. The second-order valence-corrected chi connectivity index (χ2v) is 13.3. The molecule has 0 saturated carbocycles. The van der Waals surface area contributed by atoms with Crippen LogP contribution in [0.25, 0.3) is 11.3 Å². The van der Waals surface area contributed by atoms with Gasteiger partial charge in [0.25, 0.3) is 0 Å². The van der Waals surface area contributed by atoms with E-state index in [0.717, 1.165) is 24.0 Å². The van der Waals surface area contributed by atoms with Crippen LogP contribution in [0.3, 0.4) is 0 Å². The molecule has 0 atom stereocenters. The van der Waals surface area contributed by atoms with Crippen LogP contribution in [-0.4, -0.2) is 19.8 Å². The summed E-state index contributed by atoms with van der Waals surface area (Å²) in [6.07, 6.45) is 19.5. The Kier molecular flexibility index (Phi) is 12.5. The summed E-state index contributed by atoms with van der Waals surface area (Å²) >= 11 is 0. The predicted octanol–water partition coefficient (Wildman–Crippen LogP) is 8.60. The lowest BCUT2D eigenvalue weighted by atomic mass is 9.88. The van der Waals surface area contributed by atoms with E-state index < -0.39 is 15.6 Å². The van der Waals surface area contributed by atoms with E-state index in [4.69, 9.17) is 9.88 Å². The number of hydrogen-bond acceptors (Lipinski definition) is 4. The minimum absolute atomic E-state index is 0.0280. The maximum atomic E-state index is 13.5. The summed E-state index contributed by atoms with van der Waals surface area (Å²) in [4.78, 5) is 13.5. The van der Waals surface area contributed by atoms with E-state index in [1.807, 2.05) is 18.2 Å². The minimum atomic E-state index is -3.80. The van der Waals surface area contributed by atoms with Crippen molar-refractivity contribution in [2.75, 3.05) is 0 Å². The average Bonchev–Trinajstić information content (AvgIpc) is 3.17. The van der Waals surface area contributed by atoms with Crippen LogP contribution >= 0.6 is 0 Å². The Bertz CT molecular complexity index is 1230. The Labute approximate surface area is 242 Å². The molecular weight excluding hydrogens is 518 g/mol. The fourth-order valence-electron chi connectivity index (χ4n) is 5.49. The zero-order valence-corrected chi connectivity index (χ0v) is 25.7. The fraction of sp³-hybridized carbons (Fsp3) is 0.559. The highest BCUT2D eigenvalue weighted by Crippen LogP contribution is 2.42. The van der Waals surface area contributed by atoms with Crippen LogP contribution in [0, 0.1) is 0 Å². The number of primary sulfonamides is 1. The maximum absolute atomic E-state index is 13.5. The molecule has 0 aliphatic carbocycles. The first-order valence-corrected chi connectivity index (χ1v) is 16.9. The zero-order valence-electron chi connectivity index (χ0n) is 24.8. The topological polar surface area (TPSA) is 86.5 Å². The van der Waals surface area contributed by atoms with Crippen LogP contribution in [0.1, 0.15) is 127 Å². The van der Waals surface area contributed by atoms with Crippen LogP contribution in [0.2, 0.25) is 0 Å². The van der Waals surface area contributed by atoms with Crippen LogP contribution < -0.4 is 5.14 Å². The van der Waals surface area contributed by atoms with Crippen molar-refractivity contribution in [3.63, 3.8) is 0 Å². The number of hydrogen-bond donors (Lipinski definition) is 1. The summed E-state index contributed by atoms with van der Waals surface area (Å²) in [5.74, 6) is 0.427. The van der Waals surface area contributed by atoms with E-state index in [1.54, 1.807) is 26.0 Å². The Morgan fingerprint density at radius 2 is 1.23 bits per heavy atom. The third kappa shape index (κ3) is 9.31. The first-order valence-electron chi connectivity index (χ1n) is 15.3. The largest absolute Gasteiger partial charge is 0.478 e. The van der Waals surface area contributed by atoms with Gasteiger partial charge in [0.05, 0.1) is 10.5 Å². The molecule has 2 aromatic carbocycles. The molecule has 0 aromatic heterocycles. The van der Waals surface area contributed by atoms with Gasteiger partial charge in [0, 0.05) is 5.56 Å². The van der Waals surface area contributed by atoms with Crippen LogP contribution in [0.4, 0.5) is 0 Å². The average molecular weight is 568 g/mol. The van der Waals surface area contributed by atoms with Gasteiger partial charge in [0.1, 0.15) is 5.76 Å². The first kappa shape index (κ1) is 32.1. The van der Waals surface area contributed by atoms with Gasteiger partial charge in [-0.3, -0.25) is 4.79 Å². The molecule has 0 amide bonds. The molecule has 0 radical (unpaired) electrons. The van der Waals surface area contributed by atoms with E-state index >= 15 is 0 Å². The van der Waals surface area contributed by atoms with Gasteiger partial charge in [-0.05, 0) is 62.1 Å². The molecule has 2 N–H and O–H groups in total. The molecule has 1 aliphatic rings. The predicted molar refractivity (Wildman–Crippen MR) is 165 cm³/mol. The van der Waals surface area contributed by atoms with Crippen molar-refractivity contribution in [3.8, 4) is 0 Å². The first-order chi connectivity index (χ1) is 19.1. The number of carbonyl (C=O) groups excluding carboxylic acids is 1. The van der Waals surface area contributed by atoms with Gasteiger partial charge >= 0.3 is 0 Å². The molecule has 3 rings (SSSR count). The SMILES string of the molecule is CCCCCCCCCCCCCCCCc1ccccc1C1=C(c2ccc(S(N)(=O)=O)cc2)OC(C)(C)C1=O. The molecule has 220 valence electrons. The Morgan fingerprint density at radius 3 is 1.75 bits per heavy atom. The maximum Gasteiger partial charge on any atom is 0.238 e. The Hall–Kier alpha value is -2.44. The normalized spacial score (nSPS) is 15.1. The summed E-state index contributed by atoms with van der Waals surface area (Å²) in [5, 5.41) is 5.26. The van der Waals surface area contributed by atoms with E-state index in [1.165, 1.54) is 95.6 Å². The van der Waals surface area contributed by atoms with Crippen molar-refractivity contribution in [2.24, 2.45) is 5.14 Å². The Balaban J connectivity index is 1.54. The van der Waals surface area contributed by atoms with Crippen molar-refractivity contribution in [3.05, 3.63) is 65.2 Å². The smallest absolute Gasteiger partial charge is 0.238 e. The van der Waals surface area contributed by atoms with Crippen molar-refractivity contribution in [1.82, 2.24) is 0 Å². The summed E-state index contributed by atoms with van der Waals surface area (Å²) in [6, 6.07) is 14.3. The molecule has 1 heterocycles. The quantitative estimate of drug-likeness (QED) is 0.183. The number of unbranched alkanes of at least 4 members (excludes halogenated alkanes) is 13. The lowest BCUT2D eigenvalue weighted by molar-refractivity contribution is -0.125. The van der Waals surface area contributed by atoms with Gasteiger partial charge in [0.15, 0.2) is 5.60 Å². The van der Waals surface area contributed by atoms with Crippen molar-refractivity contribution in [2.45, 2.75) is 128 Å². The van der Waals surface area contributed by atoms with Gasteiger partial charge in [-0.15, -0.1) is 0 Å². The molecule has 0 fully saturated rings. The molecule has 2 aromatic rings. The number of rotatable bonds is 18. The molecule has 5 nitrogen and oxygen atoms in total. The highest BCUT2D eigenvalue weighted by atomic mass is 32.2. The third-order valence-electron chi connectivity index (χ3n) is 7.89. The molecular formula is C34H49NO4S. The number of carbonyl (C=O) groups is 1. The molecule has 0 bridgehead atoms. The number of nitrogens with two attached hydrogens (primary N) is 1. The lowest BCUT2D eigenvalue weighted by Crippen LogP contribution is -2.29. The molecule has 0 spiro atoms. The summed E-state index contributed by atoms with van der Waals surface area (Å²) in [6.45, 7) is 5.82. The monoisotopic (exact) mass is 567 g/mol. The summed E-state index contributed by atoms with van der Waals surface area (Å²) in [7, 11) is -3.80. The van der Waals surface area contributed by atoms with Crippen LogP contribution in [0.5, 0.6) is 0 Å². The van der Waals surface area contributed by atoms with Gasteiger partial charge < -0.3 is 4.74 Å². The standard InChI is InChI=1S/C34H49NO4S/c1-4-5-6-7-8-9-10-11-12-13-14-15-16-17-20-27-21-18-19-22-30(27)31-32(39-34(2,3)33(31)36)28-23-25-29(26-24-28)40(35,37)38/h18-19,21-26H,4-17,20H2,1-3H3,(H2,35,37,38). The van der Waals surface area contributed by atoms with Gasteiger partial charge in [0.2, 0.25) is 15.8 Å². The Morgan fingerprint density at radius 1 is 0.725 bits per heavy atom. The van der Waals surface area contributed by atoms with E-state index in [2.05, 4.69) is 13.0 Å². The highest BCUT2D eigenvalue weighted by Gasteiger charge is 2.43. The number of ether oxygens (including phenoxy) is 1. The summed E-state index contributed by atoms with van der Waals surface area (Å²) < 4.78 is 29.6.